The van der Waals surface area contributed by atoms with Crippen LogP contribution in [-0.4, -0.2) is 9.66 Å². The van der Waals surface area contributed by atoms with Gasteiger partial charge in [0.05, 0.1) is 6.04 Å². The molecule has 2 rings (SSSR count). The monoisotopic (exact) mass is 229 g/mol. The summed E-state index contributed by atoms with van der Waals surface area (Å²) in [5.74, 6) is 0. The molecule has 0 amide bonds. The number of rotatable bonds is 3. The standard InChI is InChI=1S/C14H19N3/c1-10-9-11(2)15-12(3)14(10)13(4)16-17-7-5-6-8-17/h5-9,13,16H,1-4H3. The molecule has 17 heavy (non-hydrogen) atoms. The SMILES string of the molecule is Cc1cc(C)c(C(C)Nn2cccc2)c(C)n1. The maximum atomic E-state index is 4.54. The fraction of sp³-hybridized carbons (Fsp3) is 0.357. The highest BCUT2D eigenvalue weighted by molar-refractivity contribution is 5.34. The van der Waals surface area contributed by atoms with Crippen molar-refractivity contribution in [3.8, 4) is 0 Å². The fourth-order valence-corrected chi connectivity index (χ4v) is 2.40. The van der Waals surface area contributed by atoms with Crippen molar-refractivity contribution in [3.05, 3.63) is 53.1 Å². The molecule has 0 aromatic carbocycles. The molecule has 0 spiro atoms. The Kier molecular flexibility index (Phi) is 3.18. The fourth-order valence-electron chi connectivity index (χ4n) is 2.40. The van der Waals surface area contributed by atoms with E-state index < -0.39 is 0 Å². The average Bonchev–Trinajstić information content (AvgIpc) is 2.68. The summed E-state index contributed by atoms with van der Waals surface area (Å²) in [6, 6.07) is 6.39. The van der Waals surface area contributed by atoms with Gasteiger partial charge in [0, 0.05) is 23.8 Å². The van der Waals surface area contributed by atoms with E-state index in [4.69, 9.17) is 0 Å². The minimum Gasteiger partial charge on any atom is -0.319 e. The molecular formula is C14H19N3. The molecule has 0 bridgehead atoms. The van der Waals surface area contributed by atoms with Crippen LogP contribution in [0, 0.1) is 20.8 Å². The number of nitrogens with zero attached hydrogens (tertiary/aromatic N) is 2. The van der Waals surface area contributed by atoms with Gasteiger partial charge in [-0.25, -0.2) is 0 Å². The third-order valence-corrected chi connectivity index (χ3v) is 2.96. The van der Waals surface area contributed by atoms with Gasteiger partial charge in [-0.15, -0.1) is 0 Å². The summed E-state index contributed by atoms with van der Waals surface area (Å²) in [4.78, 5) is 4.54. The Morgan fingerprint density at radius 1 is 1.18 bits per heavy atom. The van der Waals surface area contributed by atoms with Crippen molar-refractivity contribution in [1.29, 1.82) is 0 Å². The second kappa shape index (κ2) is 4.62. The molecule has 1 atom stereocenters. The van der Waals surface area contributed by atoms with Crippen LogP contribution in [0.4, 0.5) is 0 Å². The highest BCUT2D eigenvalue weighted by Gasteiger charge is 2.12. The van der Waals surface area contributed by atoms with E-state index in [0.717, 1.165) is 11.4 Å². The molecule has 0 fully saturated rings. The highest BCUT2D eigenvalue weighted by atomic mass is 15.4. The summed E-state index contributed by atoms with van der Waals surface area (Å²) in [5, 5.41) is 0. The minimum absolute atomic E-state index is 0.246. The Morgan fingerprint density at radius 2 is 1.82 bits per heavy atom. The Hall–Kier alpha value is -1.77. The van der Waals surface area contributed by atoms with Gasteiger partial charge in [0.2, 0.25) is 0 Å². The van der Waals surface area contributed by atoms with E-state index in [1.165, 1.54) is 11.1 Å². The van der Waals surface area contributed by atoms with Crippen LogP contribution >= 0.6 is 0 Å². The summed E-state index contributed by atoms with van der Waals surface area (Å²) in [6.45, 7) is 8.41. The van der Waals surface area contributed by atoms with Gasteiger partial charge in [0.15, 0.2) is 0 Å². The molecule has 0 radical (unpaired) electrons. The average molecular weight is 229 g/mol. The number of pyridine rings is 1. The Labute approximate surface area is 102 Å². The summed E-state index contributed by atoms with van der Waals surface area (Å²) >= 11 is 0. The highest BCUT2D eigenvalue weighted by Crippen LogP contribution is 2.21. The van der Waals surface area contributed by atoms with Crippen LogP contribution in [0.3, 0.4) is 0 Å². The maximum absolute atomic E-state index is 4.54. The Bertz CT molecular complexity index is 477. The van der Waals surface area contributed by atoms with Gasteiger partial charge < -0.3 is 5.43 Å². The molecule has 3 nitrogen and oxygen atoms in total. The Morgan fingerprint density at radius 3 is 2.41 bits per heavy atom. The third kappa shape index (κ3) is 2.49. The minimum atomic E-state index is 0.246. The van der Waals surface area contributed by atoms with Gasteiger partial charge in [-0.1, -0.05) is 0 Å². The van der Waals surface area contributed by atoms with Crippen LogP contribution in [0.25, 0.3) is 0 Å². The summed E-state index contributed by atoms with van der Waals surface area (Å²) in [6.07, 6.45) is 4.01. The zero-order valence-corrected chi connectivity index (χ0v) is 10.9. The second-order valence-electron chi connectivity index (χ2n) is 4.52. The first-order valence-corrected chi connectivity index (χ1v) is 5.92. The number of nitrogens with one attached hydrogen (secondary N) is 1. The number of aromatic nitrogens is 2. The molecule has 1 unspecified atom stereocenters. The van der Waals surface area contributed by atoms with E-state index in [9.17, 15) is 0 Å². The summed E-state index contributed by atoms with van der Waals surface area (Å²) < 4.78 is 1.98. The van der Waals surface area contributed by atoms with E-state index in [2.05, 4.69) is 37.2 Å². The molecular weight excluding hydrogens is 210 g/mol. The van der Waals surface area contributed by atoms with Gasteiger partial charge in [-0.2, -0.15) is 0 Å². The van der Waals surface area contributed by atoms with Crippen molar-refractivity contribution < 1.29 is 0 Å². The van der Waals surface area contributed by atoms with Crippen LogP contribution in [0.1, 0.15) is 35.5 Å². The van der Waals surface area contributed by atoms with Crippen molar-refractivity contribution >= 4 is 0 Å². The molecule has 1 N–H and O–H groups in total. The summed E-state index contributed by atoms with van der Waals surface area (Å²) in [5.41, 5.74) is 8.18. The van der Waals surface area contributed by atoms with E-state index in [1.54, 1.807) is 0 Å². The Balaban J connectivity index is 2.27. The molecule has 90 valence electrons. The van der Waals surface area contributed by atoms with Crippen LogP contribution in [0.2, 0.25) is 0 Å². The molecule has 2 aromatic heterocycles. The van der Waals surface area contributed by atoms with E-state index >= 15 is 0 Å². The largest absolute Gasteiger partial charge is 0.319 e. The van der Waals surface area contributed by atoms with Crippen LogP contribution in [0.5, 0.6) is 0 Å². The molecule has 0 aliphatic heterocycles. The van der Waals surface area contributed by atoms with Crippen molar-refractivity contribution in [2.45, 2.75) is 33.7 Å². The molecule has 2 aromatic rings. The van der Waals surface area contributed by atoms with Gasteiger partial charge >= 0.3 is 0 Å². The number of hydrogen-bond acceptors (Lipinski definition) is 2. The summed E-state index contributed by atoms with van der Waals surface area (Å²) in [7, 11) is 0. The maximum Gasteiger partial charge on any atom is 0.0665 e. The lowest BCUT2D eigenvalue weighted by molar-refractivity contribution is 0.714. The lowest BCUT2D eigenvalue weighted by atomic mass is 10.0. The lowest BCUT2D eigenvalue weighted by Gasteiger charge is -2.20. The van der Waals surface area contributed by atoms with E-state index in [-0.39, 0.29) is 6.04 Å². The van der Waals surface area contributed by atoms with Crippen molar-refractivity contribution in [1.82, 2.24) is 9.66 Å². The normalized spacial score (nSPS) is 12.5. The van der Waals surface area contributed by atoms with E-state index in [1.807, 2.05) is 36.1 Å². The predicted molar refractivity (Wildman–Crippen MR) is 70.7 cm³/mol. The smallest absolute Gasteiger partial charge is 0.0665 e. The van der Waals surface area contributed by atoms with Crippen LogP contribution in [-0.2, 0) is 0 Å². The van der Waals surface area contributed by atoms with Gasteiger partial charge in [0.1, 0.15) is 0 Å². The van der Waals surface area contributed by atoms with Gasteiger partial charge in [0.25, 0.3) is 0 Å². The second-order valence-corrected chi connectivity index (χ2v) is 4.52. The van der Waals surface area contributed by atoms with Crippen molar-refractivity contribution in [3.63, 3.8) is 0 Å². The molecule has 0 saturated carbocycles. The van der Waals surface area contributed by atoms with Crippen LogP contribution < -0.4 is 5.43 Å². The molecule has 0 aliphatic carbocycles. The quantitative estimate of drug-likeness (QED) is 0.876. The number of aryl methyl sites for hydroxylation is 3. The molecule has 0 aliphatic rings. The first kappa shape index (κ1) is 11.7. The van der Waals surface area contributed by atoms with Crippen LogP contribution in [0.15, 0.2) is 30.6 Å². The van der Waals surface area contributed by atoms with Crippen molar-refractivity contribution in [2.24, 2.45) is 0 Å². The van der Waals surface area contributed by atoms with E-state index in [0.29, 0.717) is 0 Å². The number of hydrogen-bond donors (Lipinski definition) is 1. The first-order chi connectivity index (χ1) is 8.08. The van der Waals surface area contributed by atoms with Gasteiger partial charge in [-0.3, -0.25) is 9.66 Å². The zero-order valence-electron chi connectivity index (χ0n) is 10.9. The predicted octanol–water partition coefficient (Wildman–Crippen LogP) is 3.11. The molecule has 3 heteroatoms. The first-order valence-electron chi connectivity index (χ1n) is 5.92. The lowest BCUT2D eigenvalue weighted by Crippen LogP contribution is -2.19. The zero-order chi connectivity index (χ0) is 12.4. The third-order valence-electron chi connectivity index (χ3n) is 2.96. The van der Waals surface area contributed by atoms with Crippen molar-refractivity contribution in [2.75, 3.05) is 5.43 Å². The molecule has 0 saturated heterocycles. The van der Waals surface area contributed by atoms with Gasteiger partial charge in [-0.05, 0) is 57.0 Å². The molecule has 2 heterocycles. The topological polar surface area (TPSA) is 29.9 Å².